The lowest BCUT2D eigenvalue weighted by Crippen LogP contribution is -2.48. The molecule has 0 unspecified atom stereocenters. The Morgan fingerprint density at radius 1 is 1.48 bits per heavy atom. The van der Waals surface area contributed by atoms with Crippen LogP contribution in [0.1, 0.15) is 25.3 Å². The fourth-order valence-electron chi connectivity index (χ4n) is 2.51. The number of likely N-dealkylation sites (tertiary alicyclic amines) is 1. The molecule has 0 radical (unpaired) electrons. The fourth-order valence-corrected chi connectivity index (χ4v) is 2.88. The number of nitrogens with two attached hydrogens (primary N) is 1. The quantitative estimate of drug-likeness (QED) is 0.357. The normalized spacial score (nSPS) is 15.5. The van der Waals surface area contributed by atoms with E-state index in [-0.39, 0.29) is 41.9 Å². The van der Waals surface area contributed by atoms with Crippen LogP contribution in [0.2, 0.25) is 0 Å². The molecule has 9 heteroatoms. The predicted octanol–water partition coefficient (Wildman–Crippen LogP) is 3.23. The lowest BCUT2D eigenvalue weighted by atomic mass is 10.1. The number of amides is 1. The molecule has 1 aromatic rings. The Kier molecular flexibility index (Phi) is 9.47. The van der Waals surface area contributed by atoms with Gasteiger partial charge in [0.1, 0.15) is 5.82 Å². The molecule has 0 saturated carbocycles. The van der Waals surface area contributed by atoms with E-state index in [2.05, 4.69) is 26.2 Å². The van der Waals surface area contributed by atoms with Crippen LogP contribution in [0.5, 0.6) is 0 Å². The summed E-state index contributed by atoms with van der Waals surface area (Å²) in [6, 6.07) is 4.62. The number of guanidine groups is 1. The van der Waals surface area contributed by atoms with Gasteiger partial charge in [-0.1, -0.05) is 15.9 Å². The number of aliphatic imine (C=N–C) groups is 1. The third kappa shape index (κ3) is 6.96. The van der Waals surface area contributed by atoms with Crippen LogP contribution in [0.4, 0.5) is 9.18 Å². The summed E-state index contributed by atoms with van der Waals surface area (Å²) in [7, 11) is 0. The van der Waals surface area contributed by atoms with Gasteiger partial charge in [-0.15, -0.1) is 24.0 Å². The van der Waals surface area contributed by atoms with Crippen LogP contribution < -0.4 is 11.1 Å². The highest BCUT2D eigenvalue weighted by atomic mass is 127. The number of halogens is 3. The highest BCUT2D eigenvalue weighted by Gasteiger charge is 2.23. The molecule has 1 amide bonds. The minimum Gasteiger partial charge on any atom is -0.450 e. The van der Waals surface area contributed by atoms with Crippen LogP contribution in [-0.2, 0) is 11.3 Å². The van der Waals surface area contributed by atoms with Crippen molar-refractivity contribution in [3.8, 4) is 0 Å². The van der Waals surface area contributed by atoms with Gasteiger partial charge in [-0.2, -0.15) is 0 Å². The second-order valence-corrected chi connectivity index (χ2v) is 6.40. The number of nitrogens with one attached hydrogen (secondary N) is 1. The smallest absolute Gasteiger partial charge is 0.409 e. The van der Waals surface area contributed by atoms with E-state index in [0.29, 0.717) is 32.2 Å². The van der Waals surface area contributed by atoms with Crippen molar-refractivity contribution in [1.29, 1.82) is 0 Å². The van der Waals surface area contributed by atoms with Gasteiger partial charge in [0.25, 0.3) is 0 Å². The van der Waals surface area contributed by atoms with Crippen LogP contribution in [0, 0.1) is 5.82 Å². The summed E-state index contributed by atoms with van der Waals surface area (Å²) < 4.78 is 19.0. The molecule has 140 valence electrons. The van der Waals surface area contributed by atoms with Gasteiger partial charge in [0.2, 0.25) is 0 Å². The lowest BCUT2D eigenvalue weighted by molar-refractivity contribution is 0.0963. The Morgan fingerprint density at radius 2 is 2.16 bits per heavy atom. The van der Waals surface area contributed by atoms with Gasteiger partial charge in [-0.3, -0.25) is 0 Å². The molecule has 6 nitrogen and oxygen atoms in total. The van der Waals surface area contributed by atoms with Crippen molar-refractivity contribution in [3.05, 3.63) is 34.1 Å². The van der Waals surface area contributed by atoms with E-state index in [4.69, 9.17) is 10.5 Å². The van der Waals surface area contributed by atoms with Gasteiger partial charge >= 0.3 is 6.09 Å². The molecule has 1 fully saturated rings. The first kappa shape index (κ1) is 21.9. The number of piperidine rings is 1. The summed E-state index contributed by atoms with van der Waals surface area (Å²) >= 11 is 3.37. The molecule has 2 rings (SSSR count). The second kappa shape index (κ2) is 10.8. The summed E-state index contributed by atoms with van der Waals surface area (Å²) in [4.78, 5) is 17.6. The Balaban J connectivity index is 0.00000312. The maximum atomic E-state index is 13.2. The van der Waals surface area contributed by atoms with Crippen molar-refractivity contribution >= 4 is 52.0 Å². The van der Waals surface area contributed by atoms with E-state index < -0.39 is 0 Å². The number of hydrogen-bond acceptors (Lipinski definition) is 3. The largest absolute Gasteiger partial charge is 0.450 e. The van der Waals surface area contributed by atoms with Crippen molar-refractivity contribution < 1.29 is 13.9 Å². The predicted molar refractivity (Wildman–Crippen MR) is 110 cm³/mol. The van der Waals surface area contributed by atoms with Gasteiger partial charge in [0.15, 0.2) is 5.96 Å². The van der Waals surface area contributed by atoms with Gasteiger partial charge in [0.05, 0.1) is 13.2 Å². The van der Waals surface area contributed by atoms with Crippen LogP contribution in [0.15, 0.2) is 27.7 Å². The highest BCUT2D eigenvalue weighted by Crippen LogP contribution is 2.18. The van der Waals surface area contributed by atoms with Crippen molar-refractivity contribution in [2.45, 2.75) is 32.4 Å². The molecule has 0 atom stereocenters. The minimum absolute atomic E-state index is 0. The van der Waals surface area contributed by atoms with Crippen molar-refractivity contribution in [2.24, 2.45) is 10.7 Å². The molecule has 1 aliphatic heterocycles. The molecule has 0 spiro atoms. The maximum Gasteiger partial charge on any atom is 0.409 e. The Labute approximate surface area is 172 Å². The first-order valence-electron chi connectivity index (χ1n) is 7.91. The zero-order chi connectivity index (χ0) is 17.5. The van der Waals surface area contributed by atoms with Gasteiger partial charge in [0, 0.05) is 23.6 Å². The molecule has 25 heavy (non-hydrogen) atoms. The molecule has 1 saturated heterocycles. The fraction of sp³-hybridized carbons (Fsp3) is 0.500. The van der Waals surface area contributed by atoms with Gasteiger partial charge < -0.3 is 20.7 Å². The number of ether oxygens (including phenoxy) is 1. The standard InChI is InChI=1S/C16H22BrFN4O2.HI/c1-2-24-16(23)22-7-5-13(6-8-22)21-15(19)20-10-11-9-12(18)3-4-14(11)17;/h3-4,9,13H,2,5-8,10H2,1H3,(H3,19,20,21);1H. The van der Waals surface area contributed by atoms with Crippen LogP contribution in [0.25, 0.3) is 0 Å². The number of carbonyl (C=O) groups is 1. The molecule has 0 aromatic heterocycles. The molecule has 1 aliphatic rings. The minimum atomic E-state index is -0.304. The van der Waals surface area contributed by atoms with E-state index in [1.807, 2.05) is 0 Å². The Morgan fingerprint density at radius 3 is 2.80 bits per heavy atom. The molecule has 1 aromatic carbocycles. The monoisotopic (exact) mass is 528 g/mol. The van der Waals surface area contributed by atoms with Crippen LogP contribution in [0.3, 0.4) is 0 Å². The molecular formula is C16H23BrFIN4O2. The molecule has 3 N–H and O–H groups in total. The third-order valence-electron chi connectivity index (χ3n) is 3.80. The molecule has 0 aliphatic carbocycles. The molecule has 1 heterocycles. The summed E-state index contributed by atoms with van der Waals surface area (Å²) in [5, 5.41) is 3.15. The number of nitrogens with zero attached hydrogens (tertiary/aromatic N) is 2. The zero-order valence-electron chi connectivity index (χ0n) is 14.0. The highest BCUT2D eigenvalue weighted by molar-refractivity contribution is 14.0. The van der Waals surface area contributed by atoms with E-state index in [9.17, 15) is 9.18 Å². The number of carbonyl (C=O) groups excluding carboxylic acids is 1. The van der Waals surface area contributed by atoms with E-state index >= 15 is 0 Å². The Bertz CT molecular complexity index is 610. The lowest BCUT2D eigenvalue weighted by Gasteiger charge is -2.31. The van der Waals surface area contributed by atoms with Gasteiger partial charge in [-0.25, -0.2) is 14.2 Å². The molecular weight excluding hydrogens is 506 g/mol. The van der Waals surface area contributed by atoms with Crippen LogP contribution >= 0.6 is 39.9 Å². The zero-order valence-corrected chi connectivity index (χ0v) is 17.9. The second-order valence-electron chi connectivity index (χ2n) is 5.54. The third-order valence-corrected chi connectivity index (χ3v) is 4.57. The van der Waals surface area contributed by atoms with E-state index in [0.717, 1.165) is 22.9 Å². The first-order valence-corrected chi connectivity index (χ1v) is 8.71. The van der Waals surface area contributed by atoms with Crippen molar-refractivity contribution in [1.82, 2.24) is 10.2 Å². The van der Waals surface area contributed by atoms with Crippen molar-refractivity contribution in [2.75, 3.05) is 19.7 Å². The average molecular weight is 529 g/mol. The number of hydrogen-bond donors (Lipinski definition) is 2. The van der Waals surface area contributed by atoms with Crippen LogP contribution in [-0.4, -0.2) is 42.7 Å². The summed E-state index contributed by atoms with van der Waals surface area (Å²) in [6.45, 7) is 3.71. The summed E-state index contributed by atoms with van der Waals surface area (Å²) in [5.74, 6) is 0.0158. The van der Waals surface area contributed by atoms with E-state index in [1.54, 1.807) is 17.9 Å². The summed E-state index contributed by atoms with van der Waals surface area (Å²) in [5.41, 5.74) is 6.64. The summed E-state index contributed by atoms with van der Waals surface area (Å²) in [6.07, 6.45) is 1.28. The molecule has 0 bridgehead atoms. The maximum absolute atomic E-state index is 13.2. The first-order chi connectivity index (χ1) is 11.5. The SMILES string of the molecule is CCOC(=O)N1CCC(NC(N)=NCc2cc(F)ccc2Br)CC1.I. The number of rotatable bonds is 4. The van der Waals surface area contributed by atoms with Crippen molar-refractivity contribution in [3.63, 3.8) is 0 Å². The van der Waals surface area contributed by atoms with E-state index in [1.165, 1.54) is 12.1 Å². The topological polar surface area (TPSA) is 80.0 Å². The number of benzene rings is 1. The Hall–Kier alpha value is -1.10. The average Bonchev–Trinajstić information content (AvgIpc) is 2.56. The van der Waals surface area contributed by atoms with Gasteiger partial charge in [-0.05, 0) is 43.5 Å².